The number of likely N-dealkylation sites (tertiary alicyclic amines) is 1. The molecule has 0 aromatic carbocycles. The Morgan fingerprint density at radius 1 is 1.35 bits per heavy atom. The van der Waals surface area contributed by atoms with Crippen molar-refractivity contribution in [1.29, 1.82) is 0 Å². The lowest BCUT2D eigenvalue weighted by Crippen LogP contribution is -2.55. The second-order valence-electron chi connectivity index (χ2n) is 8.30. The molecule has 4 rings (SSSR count). The van der Waals surface area contributed by atoms with Gasteiger partial charge in [0.1, 0.15) is 5.54 Å². The highest BCUT2D eigenvalue weighted by Crippen LogP contribution is 2.36. The maximum atomic E-state index is 13.2. The van der Waals surface area contributed by atoms with Crippen molar-refractivity contribution in [1.82, 2.24) is 25.1 Å². The molecule has 4 heterocycles. The number of carbonyl (C=O) groups is 2. The average Bonchev–Trinajstić information content (AvgIpc) is 3.28. The normalized spacial score (nSPS) is 22.1. The van der Waals surface area contributed by atoms with Gasteiger partial charge in [-0.15, -0.1) is 11.3 Å². The average molecular weight is 445 g/mol. The monoisotopic (exact) mass is 444 g/mol. The summed E-state index contributed by atoms with van der Waals surface area (Å²) in [6.45, 7) is 7.26. The molecule has 2 fully saturated rings. The fourth-order valence-electron chi connectivity index (χ4n) is 4.24. The minimum Gasteiger partial charge on any atom is -0.361 e. The number of anilines is 1. The number of aliphatic hydroxyl groups is 1. The molecule has 0 bridgehead atoms. The zero-order chi connectivity index (χ0) is 22.2. The Morgan fingerprint density at radius 2 is 2.10 bits per heavy atom. The van der Waals surface area contributed by atoms with Crippen molar-refractivity contribution in [2.24, 2.45) is 0 Å². The van der Waals surface area contributed by atoms with Gasteiger partial charge in [0.2, 0.25) is 11.8 Å². The number of aliphatic hydroxyl groups excluding tert-OH is 1. The topological polar surface area (TPSA) is 111 Å². The van der Waals surface area contributed by atoms with Crippen LogP contribution in [0.3, 0.4) is 0 Å². The van der Waals surface area contributed by atoms with Gasteiger partial charge in [-0.25, -0.2) is 4.98 Å². The van der Waals surface area contributed by atoms with Crippen molar-refractivity contribution < 1.29 is 14.7 Å². The predicted molar refractivity (Wildman–Crippen MR) is 117 cm³/mol. The summed E-state index contributed by atoms with van der Waals surface area (Å²) in [4.78, 5) is 37.9. The molecule has 2 saturated heterocycles. The number of rotatable bonds is 5. The second-order valence-corrected chi connectivity index (χ2v) is 9.36. The molecule has 1 spiro atoms. The lowest BCUT2D eigenvalue weighted by atomic mass is 9.87. The van der Waals surface area contributed by atoms with Crippen LogP contribution in [0.2, 0.25) is 0 Å². The molecule has 1 unspecified atom stereocenters. The van der Waals surface area contributed by atoms with Crippen molar-refractivity contribution in [3.63, 3.8) is 0 Å². The van der Waals surface area contributed by atoms with Crippen LogP contribution in [0.15, 0.2) is 24.5 Å². The van der Waals surface area contributed by atoms with E-state index in [2.05, 4.69) is 32.4 Å². The number of nitrogens with one attached hydrogen (secondary N) is 2. The Balaban J connectivity index is 1.39. The van der Waals surface area contributed by atoms with Crippen LogP contribution in [0.25, 0.3) is 0 Å². The van der Waals surface area contributed by atoms with E-state index in [-0.39, 0.29) is 17.9 Å². The largest absolute Gasteiger partial charge is 0.361 e. The van der Waals surface area contributed by atoms with Gasteiger partial charge in [-0.1, -0.05) is 6.07 Å². The molecule has 0 saturated carbocycles. The van der Waals surface area contributed by atoms with Crippen molar-refractivity contribution in [3.8, 4) is 0 Å². The number of pyridine rings is 1. The van der Waals surface area contributed by atoms with Gasteiger partial charge in [0, 0.05) is 49.0 Å². The lowest BCUT2D eigenvalue weighted by Gasteiger charge is -2.40. The van der Waals surface area contributed by atoms with E-state index < -0.39 is 11.9 Å². The quantitative estimate of drug-likeness (QED) is 0.643. The molecular weight excluding hydrogens is 416 g/mol. The third-order valence-electron chi connectivity index (χ3n) is 6.11. The van der Waals surface area contributed by atoms with E-state index in [9.17, 15) is 14.7 Å². The highest BCUT2D eigenvalue weighted by atomic mass is 32.1. The molecule has 10 heteroatoms. The maximum Gasteiger partial charge on any atom is 0.246 e. The van der Waals surface area contributed by atoms with E-state index in [1.54, 1.807) is 12.4 Å². The second kappa shape index (κ2) is 8.62. The summed E-state index contributed by atoms with van der Waals surface area (Å²) in [5.41, 5.74) is 1.07. The van der Waals surface area contributed by atoms with Gasteiger partial charge < -0.3 is 10.4 Å². The fourth-order valence-corrected chi connectivity index (χ4v) is 5.19. The summed E-state index contributed by atoms with van der Waals surface area (Å²) in [6, 6.07) is 3.97. The van der Waals surface area contributed by atoms with Crippen molar-refractivity contribution in [2.45, 2.75) is 58.1 Å². The van der Waals surface area contributed by atoms with Crippen LogP contribution in [-0.2, 0) is 16.1 Å². The smallest absolute Gasteiger partial charge is 0.246 e. The first-order chi connectivity index (χ1) is 14.8. The zero-order valence-corrected chi connectivity index (χ0v) is 18.8. The third kappa shape index (κ3) is 4.47. The zero-order valence-electron chi connectivity index (χ0n) is 18.0. The Labute approximate surface area is 185 Å². The van der Waals surface area contributed by atoms with Crippen molar-refractivity contribution >= 4 is 28.3 Å². The van der Waals surface area contributed by atoms with Gasteiger partial charge in [0.05, 0.1) is 6.54 Å². The number of amides is 2. The molecule has 3 N–H and O–H groups in total. The van der Waals surface area contributed by atoms with Gasteiger partial charge in [-0.3, -0.25) is 29.7 Å². The van der Waals surface area contributed by atoms with Crippen molar-refractivity contribution in [3.05, 3.63) is 40.7 Å². The number of nitrogens with zero attached hydrogens (tertiary/aromatic N) is 4. The molecule has 2 aliphatic heterocycles. The van der Waals surface area contributed by atoms with Gasteiger partial charge in [-0.2, -0.15) is 0 Å². The van der Waals surface area contributed by atoms with Crippen molar-refractivity contribution in [2.75, 3.05) is 18.4 Å². The lowest BCUT2D eigenvalue weighted by molar-refractivity contribution is -0.138. The van der Waals surface area contributed by atoms with Crippen LogP contribution in [0.4, 0.5) is 5.13 Å². The molecule has 9 nitrogen and oxygen atoms in total. The molecule has 2 aromatic rings. The van der Waals surface area contributed by atoms with E-state index in [1.165, 1.54) is 23.2 Å². The summed E-state index contributed by atoms with van der Waals surface area (Å²) < 4.78 is 0. The van der Waals surface area contributed by atoms with Crippen LogP contribution >= 0.6 is 11.3 Å². The minimum atomic E-state index is -1.00. The first kappa shape index (κ1) is 21.8. The Kier molecular flexibility index (Phi) is 6.07. The maximum absolute atomic E-state index is 13.2. The van der Waals surface area contributed by atoms with Crippen LogP contribution in [0.5, 0.6) is 0 Å². The highest BCUT2D eigenvalue weighted by molar-refractivity contribution is 7.15. The Hall–Kier alpha value is -2.40. The minimum absolute atomic E-state index is 0.0568. The van der Waals surface area contributed by atoms with Gasteiger partial charge in [-0.05, 0) is 38.3 Å². The molecule has 31 heavy (non-hydrogen) atoms. The van der Waals surface area contributed by atoms with Crippen LogP contribution < -0.4 is 10.6 Å². The number of hydrogen-bond acceptors (Lipinski definition) is 8. The van der Waals surface area contributed by atoms with E-state index in [0.717, 1.165) is 29.2 Å². The van der Waals surface area contributed by atoms with Gasteiger partial charge in [0.15, 0.2) is 11.5 Å². The summed E-state index contributed by atoms with van der Waals surface area (Å²) >= 11 is 1.47. The van der Waals surface area contributed by atoms with E-state index in [0.29, 0.717) is 24.5 Å². The number of thiazole rings is 1. The first-order valence-electron chi connectivity index (χ1n) is 10.4. The molecule has 2 aliphatic rings. The van der Waals surface area contributed by atoms with Gasteiger partial charge in [0.25, 0.3) is 0 Å². The standard InChI is InChI=1S/C21H28N6O3S/c1-13-4-5-16(10-22-13)12-27-18(29)21(25-20(27)30)6-8-26(9-7-21)14(2)17-11-23-19(31-17)24-15(3)28/h4-5,10-11,14,20,25,30H,6-9,12H2,1-3H3,(H,23,24,28)/t14-,20?/m0/s1. The molecule has 2 aromatic heterocycles. The fraction of sp³-hybridized carbons (Fsp3) is 0.524. The summed E-state index contributed by atoms with van der Waals surface area (Å²) in [5, 5.41) is 17.0. The number of carbonyl (C=O) groups excluding carboxylic acids is 2. The van der Waals surface area contributed by atoms with E-state index in [4.69, 9.17) is 0 Å². The number of hydrogen-bond donors (Lipinski definition) is 3. The van der Waals surface area contributed by atoms with E-state index >= 15 is 0 Å². The van der Waals surface area contributed by atoms with Gasteiger partial charge >= 0.3 is 0 Å². The Morgan fingerprint density at radius 3 is 2.74 bits per heavy atom. The predicted octanol–water partition coefficient (Wildman–Crippen LogP) is 1.61. The number of aryl methyl sites for hydroxylation is 1. The summed E-state index contributed by atoms with van der Waals surface area (Å²) in [7, 11) is 0. The third-order valence-corrected chi connectivity index (χ3v) is 7.20. The molecule has 0 aliphatic carbocycles. The number of aromatic nitrogens is 2. The first-order valence-corrected chi connectivity index (χ1v) is 11.2. The summed E-state index contributed by atoms with van der Waals surface area (Å²) in [6.07, 6.45) is 3.78. The van der Waals surface area contributed by atoms with Crippen LogP contribution in [-0.4, -0.2) is 61.7 Å². The molecule has 2 amide bonds. The SMILES string of the molecule is CC(=O)Nc1ncc([C@H](C)N2CCC3(CC2)NC(O)N(Cc2ccc(C)nc2)C3=O)s1. The van der Waals surface area contributed by atoms with Crippen LogP contribution in [0, 0.1) is 6.92 Å². The van der Waals surface area contributed by atoms with Crippen LogP contribution in [0.1, 0.15) is 48.9 Å². The summed E-state index contributed by atoms with van der Waals surface area (Å²) in [5.74, 6) is -0.192. The molecule has 166 valence electrons. The molecule has 0 radical (unpaired) electrons. The highest BCUT2D eigenvalue weighted by Gasteiger charge is 2.52. The number of piperidine rings is 1. The molecular formula is C21H28N6O3S. The van der Waals surface area contributed by atoms with E-state index in [1.807, 2.05) is 19.1 Å². The Bertz CT molecular complexity index is 954. The molecule has 2 atom stereocenters.